The average molecular weight is 917 g/mol. The molecule has 3 aromatic rings. The van der Waals surface area contributed by atoms with E-state index in [0.29, 0.717) is 16.7 Å². The van der Waals surface area contributed by atoms with Crippen LogP contribution in [0.3, 0.4) is 0 Å². The quantitative estimate of drug-likeness (QED) is 0.0308. The molecular formula is C51H58F2O13. The Morgan fingerprint density at radius 2 is 1.09 bits per heavy atom. The van der Waals surface area contributed by atoms with Gasteiger partial charge in [-0.1, -0.05) is 76.1 Å². The first-order chi connectivity index (χ1) is 31.5. The van der Waals surface area contributed by atoms with Gasteiger partial charge in [0.15, 0.2) is 0 Å². The van der Waals surface area contributed by atoms with Gasteiger partial charge in [0.05, 0.1) is 26.4 Å². The van der Waals surface area contributed by atoms with Gasteiger partial charge < -0.3 is 33.2 Å². The number of rotatable bonds is 27. The summed E-state index contributed by atoms with van der Waals surface area (Å²) in [5.41, 5.74) is 0.934. The monoisotopic (exact) mass is 916 g/mol. The van der Waals surface area contributed by atoms with Crippen molar-refractivity contribution >= 4 is 35.8 Å². The summed E-state index contributed by atoms with van der Waals surface area (Å²) in [6, 6.07) is 14.6. The Labute approximate surface area is 384 Å². The zero-order valence-corrected chi connectivity index (χ0v) is 38.2. The van der Waals surface area contributed by atoms with Gasteiger partial charge in [0.25, 0.3) is 0 Å². The molecule has 0 aliphatic carbocycles. The van der Waals surface area contributed by atoms with E-state index in [1.165, 1.54) is 63.4 Å². The lowest BCUT2D eigenvalue weighted by Gasteiger charge is -2.32. The molecule has 0 aliphatic rings. The van der Waals surface area contributed by atoms with Crippen molar-refractivity contribution in [3.8, 4) is 28.0 Å². The van der Waals surface area contributed by atoms with Crippen molar-refractivity contribution in [3.63, 3.8) is 0 Å². The summed E-state index contributed by atoms with van der Waals surface area (Å²) in [4.78, 5) is 73.5. The van der Waals surface area contributed by atoms with Crippen LogP contribution < -0.4 is 4.74 Å². The molecular weight excluding hydrogens is 859 g/mol. The standard InChI is InChI=1S/C51H58F2O13/c1-8-9-10-11-12-14-36-16-18-37(19-17-36)40-28-41(52)48(42(53)29-40)39-20-21-43(38(27-39)15-13-26-62-49(58)34(2)3)63-30-51(33-66-50(59)35(4)5,31-64-46(56)24-22-44(54)60-6)32-65-47(57)25-23-45(55)61-7/h16-25,27-29H,2,4,8-15,26,30-33H2,1,3,5-7H3/b24-22+,25-23+. The van der Waals surface area contributed by atoms with E-state index in [1.54, 1.807) is 0 Å². The SMILES string of the molecule is C=C(C)C(=O)OCCCc1cc(-c2c(F)cc(-c3ccc(CCCCCCC)cc3)cc2F)ccc1OCC(COC(=O)/C=C/C(=O)OC)(COC(=O)/C=C/C(=O)OC)COC(=O)C(=C)C. The molecule has 0 heterocycles. The Morgan fingerprint density at radius 3 is 1.64 bits per heavy atom. The number of hydrogen-bond donors (Lipinski definition) is 0. The third kappa shape index (κ3) is 17.9. The van der Waals surface area contributed by atoms with Crippen molar-refractivity contribution in [1.82, 2.24) is 0 Å². The summed E-state index contributed by atoms with van der Waals surface area (Å²) in [5.74, 6) is -6.68. The van der Waals surface area contributed by atoms with Gasteiger partial charge in [-0.2, -0.15) is 0 Å². The van der Waals surface area contributed by atoms with Gasteiger partial charge >= 0.3 is 35.8 Å². The maximum Gasteiger partial charge on any atom is 0.333 e. The molecule has 0 atom stereocenters. The number of ether oxygens (including phenoxy) is 7. The molecule has 3 aromatic carbocycles. The average Bonchev–Trinajstić information content (AvgIpc) is 3.30. The van der Waals surface area contributed by atoms with E-state index < -0.39 is 79.3 Å². The second-order valence-electron chi connectivity index (χ2n) is 15.6. The van der Waals surface area contributed by atoms with E-state index in [9.17, 15) is 28.8 Å². The first kappa shape index (κ1) is 53.4. The molecule has 0 saturated heterocycles. The van der Waals surface area contributed by atoms with Gasteiger partial charge in [0.2, 0.25) is 0 Å². The minimum Gasteiger partial charge on any atom is -0.492 e. The molecule has 0 spiro atoms. The van der Waals surface area contributed by atoms with Crippen LogP contribution in [0.25, 0.3) is 22.3 Å². The number of hydrogen-bond acceptors (Lipinski definition) is 13. The largest absolute Gasteiger partial charge is 0.492 e. The Kier molecular flexibility index (Phi) is 22.2. The highest BCUT2D eigenvalue weighted by atomic mass is 19.1. The van der Waals surface area contributed by atoms with Crippen LogP contribution in [0.15, 0.2) is 103 Å². The van der Waals surface area contributed by atoms with E-state index in [2.05, 4.69) is 29.6 Å². The van der Waals surface area contributed by atoms with Crippen LogP contribution in [0.4, 0.5) is 8.78 Å². The zero-order valence-electron chi connectivity index (χ0n) is 38.2. The van der Waals surface area contributed by atoms with E-state index in [1.807, 2.05) is 24.3 Å². The Morgan fingerprint density at radius 1 is 0.576 bits per heavy atom. The number of halogens is 2. The molecule has 66 heavy (non-hydrogen) atoms. The van der Waals surface area contributed by atoms with Gasteiger partial charge in [0, 0.05) is 35.5 Å². The highest BCUT2D eigenvalue weighted by molar-refractivity contribution is 5.92. The number of benzene rings is 3. The molecule has 0 bridgehead atoms. The highest BCUT2D eigenvalue weighted by Gasteiger charge is 2.37. The van der Waals surface area contributed by atoms with Crippen molar-refractivity contribution in [2.45, 2.75) is 72.1 Å². The predicted molar refractivity (Wildman–Crippen MR) is 242 cm³/mol. The second-order valence-corrected chi connectivity index (χ2v) is 15.6. The number of methoxy groups -OCH3 is 2. The Bertz CT molecular complexity index is 2190. The highest BCUT2D eigenvalue weighted by Crippen LogP contribution is 2.35. The van der Waals surface area contributed by atoms with Crippen molar-refractivity contribution in [2.24, 2.45) is 5.41 Å². The summed E-state index contributed by atoms with van der Waals surface area (Å²) >= 11 is 0. The molecule has 3 rings (SSSR count). The molecule has 13 nitrogen and oxygen atoms in total. The first-order valence-corrected chi connectivity index (χ1v) is 21.4. The van der Waals surface area contributed by atoms with Crippen LogP contribution in [-0.2, 0) is 70.0 Å². The molecule has 354 valence electrons. The molecule has 0 fully saturated rings. The summed E-state index contributed by atoms with van der Waals surface area (Å²) in [6.07, 6.45) is 10.3. The van der Waals surface area contributed by atoms with E-state index >= 15 is 8.78 Å². The van der Waals surface area contributed by atoms with E-state index in [0.717, 1.165) is 63.3 Å². The van der Waals surface area contributed by atoms with Gasteiger partial charge in [-0.25, -0.2) is 37.5 Å². The van der Waals surface area contributed by atoms with Crippen LogP contribution in [0.5, 0.6) is 5.75 Å². The smallest absolute Gasteiger partial charge is 0.333 e. The molecule has 0 unspecified atom stereocenters. The zero-order chi connectivity index (χ0) is 48.6. The van der Waals surface area contributed by atoms with Crippen molar-refractivity contribution in [1.29, 1.82) is 0 Å². The molecule has 0 aliphatic heterocycles. The molecule has 0 radical (unpaired) electrons. The molecule has 0 aromatic heterocycles. The number of carbonyl (C=O) groups is 6. The van der Waals surface area contributed by atoms with E-state index in [4.69, 9.17) is 23.7 Å². The fourth-order valence-corrected chi connectivity index (χ4v) is 6.21. The lowest BCUT2D eigenvalue weighted by Crippen LogP contribution is -2.44. The molecule has 15 heteroatoms. The van der Waals surface area contributed by atoms with Crippen LogP contribution in [0.1, 0.15) is 70.4 Å². The van der Waals surface area contributed by atoms with Crippen molar-refractivity contribution in [2.75, 3.05) is 47.3 Å². The topological polar surface area (TPSA) is 167 Å². The fraction of sp³-hybridized carbons (Fsp3) is 0.373. The van der Waals surface area contributed by atoms with Gasteiger partial charge in [0.1, 0.15) is 49.2 Å². The third-order valence-electron chi connectivity index (χ3n) is 9.97. The summed E-state index contributed by atoms with van der Waals surface area (Å²) < 4.78 is 69.0. The van der Waals surface area contributed by atoms with Gasteiger partial charge in [-0.3, -0.25) is 0 Å². The normalized spacial score (nSPS) is 11.2. The summed E-state index contributed by atoms with van der Waals surface area (Å²) in [5, 5.41) is 0. The number of unbranched alkanes of at least 4 members (excludes halogenated alkanes) is 4. The lowest BCUT2D eigenvalue weighted by atomic mass is 9.91. The van der Waals surface area contributed by atoms with Crippen LogP contribution in [-0.4, -0.2) is 83.1 Å². The third-order valence-corrected chi connectivity index (χ3v) is 9.97. The predicted octanol–water partition coefficient (Wildman–Crippen LogP) is 8.89. The van der Waals surface area contributed by atoms with Crippen molar-refractivity contribution < 1.29 is 70.7 Å². The molecule has 0 saturated carbocycles. The number of carbonyl (C=O) groups excluding carboxylic acids is 6. The van der Waals surface area contributed by atoms with Crippen LogP contribution in [0.2, 0.25) is 0 Å². The van der Waals surface area contributed by atoms with Gasteiger partial charge in [-0.15, -0.1) is 0 Å². The Balaban J connectivity index is 2.04. The second kappa shape index (κ2) is 27.4. The lowest BCUT2D eigenvalue weighted by molar-refractivity contribution is -0.159. The van der Waals surface area contributed by atoms with Crippen LogP contribution in [0, 0.1) is 17.0 Å². The minimum absolute atomic E-state index is 0.0138. The molecule has 0 amide bonds. The maximum atomic E-state index is 16.1. The number of esters is 6. The Hall–Kier alpha value is -6.90. The number of aryl methyl sites for hydroxylation is 2. The summed E-state index contributed by atoms with van der Waals surface area (Å²) in [7, 11) is 2.21. The van der Waals surface area contributed by atoms with Crippen molar-refractivity contribution in [3.05, 3.63) is 126 Å². The van der Waals surface area contributed by atoms with E-state index in [-0.39, 0.29) is 47.5 Å². The first-order valence-electron chi connectivity index (χ1n) is 21.4. The fourth-order valence-electron chi connectivity index (χ4n) is 6.21. The van der Waals surface area contributed by atoms with Crippen LogP contribution >= 0.6 is 0 Å². The van der Waals surface area contributed by atoms with Gasteiger partial charge in [-0.05, 0) is 91.6 Å². The minimum atomic E-state index is -1.68. The molecule has 0 N–H and O–H groups in total. The maximum absolute atomic E-state index is 16.1. The summed E-state index contributed by atoms with van der Waals surface area (Å²) in [6.45, 7) is 9.82.